The van der Waals surface area contributed by atoms with Crippen molar-refractivity contribution >= 4 is 28.0 Å². The molecule has 1 atom stereocenters. The monoisotopic (exact) mass is 583 g/mol. The molecular weight excluding hydrogens is 555 g/mol. The normalized spacial score (nSPS) is 12.8. The molecule has 212 valence electrons. The molecule has 1 heterocycles. The minimum Gasteiger partial charge on any atom is -0.491 e. The van der Waals surface area contributed by atoms with Gasteiger partial charge in [-0.3, -0.25) is 0 Å². The van der Waals surface area contributed by atoms with Crippen molar-refractivity contribution in [3.05, 3.63) is 46.6 Å². The number of benzene rings is 1. The highest BCUT2D eigenvalue weighted by atomic mass is 35.5. The maximum absolute atomic E-state index is 13.0. The van der Waals surface area contributed by atoms with Crippen LogP contribution in [0, 0.1) is 0 Å². The standard InChI is InChI=1S/C23H29ClF3N3O7S/c1-4-8-30(38(32,33)37-22(28)31)17(5-2)11-15-6-7-18(35-10-9-34-3)13-20(15)36-21-19(24)12-16(14-29-21)23(25,26)27/h6-7,12-14,17H,4-5,8-11H2,1-3H3,(H2,28,31). The molecule has 0 fully saturated rings. The van der Waals surface area contributed by atoms with Crippen LogP contribution in [0.4, 0.5) is 18.0 Å². The molecular formula is C23H29ClF3N3O7S. The fraction of sp³-hybridized carbons (Fsp3) is 0.478. The Kier molecular flexibility index (Phi) is 11.4. The molecule has 0 aliphatic carbocycles. The van der Waals surface area contributed by atoms with Gasteiger partial charge in [0.25, 0.3) is 0 Å². The zero-order valence-corrected chi connectivity index (χ0v) is 22.5. The topological polar surface area (TPSA) is 130 Å². The number of hydrogen-bond donors (Lipinski definition) is 1. The van der Waals surface area contributed by atoms with Crippen molar-refractivity contribution in [1.29, 1.82) is 0 Å². The van der Waals surface area contributed by atoms with E-state index >= 15 is 0 Å². The van der Waals surface area contributed by atoms with Gasteiger partial charge in [0.2, 0.25) is 5.88 Å². The molecule has 0 spiro atoms. The summed E-state index contributed by atoms with van der Waals surface area (Å²) in [6.45, 7) is 4.03. The van der Waals surface area contributed by atoms with Gasteiger partial charge in [0.15, 0.2) is 0 Å². The average Bonchev–Trinajstić information content (AvgIpc) is 2.82. The first-order chi connectivity index (χ1) is 17.8. The lowest BCUT2D eigenvalue weighted by molar-refractivity contribution is -0.137. The lowest BCUT2D eigenvalue weighted by Crippen LogP contribution is -2.44. The number of carbonyl (C=O) groups is 1. The number of primary amides is 1. The van der Waals surface area contributed by atoms with Gasteiger partial charge in [0, 0.05) is 32.0 Å². The van der Waals surface area contributed by atoms with Gasteiger partial charge in [-0.1, -0.05) is 31.5 Å². The smallest absolute Gasteiger partial charge is 0.421 e. The van der Waals surface area contributed by atoms with Crippen LogP contribution in [0.3, 0.4) is 0 Å². The van der Waals surface area contributed by atoms with E-state index in [0.29, 0.717) is 43.0 Å². The van der Waals surface area contributed by atoms with E-state index < -0.39 is 34.2 Å². The number of alkyl halides is 3. The minimum absolute atomic E-state index is 0.0365. The highest BCUT2D eigenvalue weighted by Gasteiger charge is 2.33. The number of carbonyl (C=O) groups excluding carboxylic acids is 1. The van der Waals surface area contributed by atoms with Crippen molar-refractivity contribution in [2.45, 2.75) is 45.3 Å². The summed E-state index contributed by atoms with van der Waals surface area (Å²) in [4.78, 5) is 14.9. The van der Waals surface area contributed by atoms with Crippen LogP contribution < -0.4 is 15.2 Å². The predicted octanol–water partition coefficient (Wildman–Crippen LogP) is 4.94. The predicted molar refractivity (Wildman–Crippen MR) is 133 cm³/mol. The second kappa shape index (κ2) is 13.8. The van der Waals surface area contributed by atoms with Crippen LogP contribution >= 0.6 is 11.6 Å². The van der Waals surface area contributed by atoms with Crippen LogP contribution in [-0.2, 0) is 31.8 Å². The van der Waals surface area contributed by atoms with Crippen LogP contribution in [0.5, 0.6) is 17.4 Å². The van der Waals surface area contributed by atoms with Crippen LogP contribution in [-0.4, -0.2) is 56.7 Å². The zero-order valence-electron chi connectivity index (χ0n) is 21.0. The molecule has 15 heteroatoms. The first kappa shape index (κ1) is 31.4. The number of halogens is 4. The summed E-state index contributed by atoms with van der Waals surface area (Å²) in [6.07, 6.45) is -4.73. The molecule has 0 bridgehead atoms. The third kappa shape index (κ3) is 8.89. The second-order valence-corrected chi connectivity index (χ2v) is 9.86. The second-order valence-electron chi connectivity index (χ2n) is 7.96. The molecule has 1 amide bonds. The number of aromatic nitrogens is 1. The minimum atomic E-state index is -4.65. The number of nitrogens with two attached hydrogens (primary N) is 1. The van der Waals surface area contributed by atoms with Crippen LogP contribution in [0.2, 0.25) is 5.02 Å². The number of amides is 1. The molecule has 0 saturated heterocycles. The summed E-state index contributed by atoms with van der Waals surface area (Å²) in [7, 11) is -2.99. The van der Waals surface area contributed by atoms with E-state index in [2.05, 4.69) is 9.17 Å². The SMILES string of the molecule is CCCN(C(CC)Cc1ccc(OCCOC)cc1Oc1ncc(C(F)(F)F)cc1Cl)S(=O)(=O)OC(N)=O. The molecule has 1 unspecified atom stereocenters. The van der Waals surface area contributed by atoms with Crippen molar-refractivity contribution in [3.63, 3.8) is 0 Å². The number of methoxy groups -OCH3 is 1. The maximum atomic E-state index is 13.0. The highest BCUT2D eigenvalue weighted by Crippen LogP contribution is 2.37. The highest BCUT2D eigenvalue weighted by molar-refractivity contribution is 7.84. The first-order valence-electron chi connectivity index (χ1n) is 11.5. The number of hydrogen-bond acceptors (Lipinski definition) is 8. The number of rotatable bonds is 14. The summed E-state index contributed by atoms with van der Waals surface area (Å²) in [6, 6.07) is 4.70. The van der Waals surface area contributed by atoms with E-state index in [1.165, 1.54) is 13.2 Å². The average molecular weight is 584 g/mol. The third-order valence-corrected chi connectivity index (χ3v) is 6.89. The van der Waals surface area contributed by atoms with Gasteiger partial charge in [-0.15, -0.1) is 0 Å². The van der Waals surface area contributed by atoms with Gasteiger partial charge in [-0.25, -0.2) is 9.78 Å². The molecule has 10 nitrogen and oxygen atoms in total. The maximum Gasteiger partial charge on any atom is 0.421 e. The fourth-order valence-corrected chi connectivity index (χ4v) is 4.95. The van der Waals surface area contributed by atoms with E-state index in [4.69, 9.17) is 31.5 Å². The van der Waals surface area contributed by atoms with Gasteiger partial charge in [-0.2, -0.15) is 25.9 Å². The molecule has 0 aliphatic rings. The van der Waals surface area contributed by atoms with Crippen molar-refractivity contribution in [1.82, 2.24) is 9.29 Å². The molecule has 0 saturated carbocycles. The molecule has 0 radical (unpaired) electrons. The Morgan fingerprint density at radius 2 is 1.92 bits per heavy atom. The van der Waals surface area contributed by atoms with Gasteiger partial charge < -0.3 is 24.1 Å². The van der Waals surface area contributed by atoms with Gasteiger partial charge >= 0.3 is 22.6 Å². The first-order valence-corrected chi connectivity index (χ1v) is 13.2. The molecule has 0 aliphatic heterocycles. The Labute approximate surface area is 224 Å². The number of pyridine rings is 1. The molecule has 1 aromatic heterocycles. The van der Waals surface area contributed by atoms with Gasteiger partial charge in [-0.05, 0) is 37.0 Å². The van der Waals surface area contributed by atoms with Crippen molar-refractivity contribution in [2.24, 2.45) is 5.73 Å². The van der Waals surface area contributed by atoms with Crippen molar-refractivity contribution < 1.29 is 44.8 Å². The van der Waals surface area contributed by atoms with E-state index in [1.54, 1.807) is 26.0 Å². The molecule has 1 aromatic carbocycles. The molecule has 2 aromatic rings. The van der Waals surface area contributed by atoms with E-state index in [1.807, 2.05) is 0 Å². The van der Waals surface area contributed by atoms with Crippen LogP contribution in [0.1, 0.15) is 37.8 Å². The quantitative estimate of drug-likeness (QED) is 0.309. The Morgan fingerprint density at radius 1 is 1.21 bits per heavy atom. The summed E-state index contributed by atoms with van der Waals surface area (Å²) >= 11 is 6.03. The summed E-state index contributed by atoms with van der Waals surface area (Å²) in [5, 5.41) is -0.381. The van der Waals surface area contributed by atoms with Crippen molar-refractivity contribution in [2.75, 3.05) is 26.9 Å². The zero-order chi connectivity index (χ0) is 28.5. The van der Waals surface area contributed by atoms with Crippen molar-refractivity contribution in [3.8, 4) is 17.4 Å². The van der Waals surface area contributed by atoms with Gasteiger partial charge in [0.05, 0.1) is 12.2 Å². The molecule has 2 N–H and O–H groups in total. The summed E-state index contributed by atoms with van der Waals surface area (Å²) < 4.78 is 86.2. The number of nitrogens with zero attached hydrogens (tertiary/aromatic N) is 2. The summed E-state index contributed by atoms with van der Waals surface area (Å²) in [5.74, 6) is 0.183. The molecule has 38 heavy (non-hydrogen) atoms. The van der Waals surface area contributed by atoms with E-state index in [9.17, 15) is 26.4 Å². The largest absolute Gasteiger partial charge is 0.491 e. The van der Waals surface area contributed by atoms with E-state index in [-0.39, 0.29) is 36.2 Å². The Bertz CT molecular complexity index is 1200. The Hall–Kier alpha value is -2.81. The van der Waals surface area contributed by atoms with Crippen LogP contribution in [0.25, 0.3) is 0 Å². The van der Waals surface area contributed by atoms with Crippen LogP contribution in [0.15, 0.2) is 30.5 Å². The summed E-state index contributed by atoms with van der Waals surface area (Å²) in [5.41, 5.74) is 4.35. The fourth-order valence-electron chi connectivity index (χ4n) is 3.44. The van der Waals surface area contributed by atoms with Gasteiger partial charge in [0.1, 0.15) is 23.1 Å². The number of ether oxygens (including phenoxy) is 3. The molecule has 2 rings (SSSR count). The van der Waals surface area contributed by atoms with E-state index in [0.717, 1.165) is 4.31 Å². The lowest BCUT2D eigenvalue weighted by atomic mass is 10.0. The lowest BCUT2D eigenvalue weighted by Gasteiger charge is -2.29. The Morgan fingerprint density at radius 3 is 2.47 bits per heavy atom. The third-order valence-electron chi connectivity index (χ3n) is 5.19. The Balaban J connectivity index is 2.47.